The largest absolute Gasteiger partial charge is 0.465 e. The molecule has 0 N–H and O–H groups in total. The van der Waals surface area contributed by atoms with Gasteiger partial charge in [-0.25, -0.2) is 0 Å². The zero-order valence-electron chi connectivity index (χ0n) is 8.45. The Hall–Kier alpha value is -0.790. The number of carbonyl (C=O) groups is 1. The number of allylic oxidation sites excluding steroid dienone is 1. The Balaban J connectivity index is 2.33. The van der Waals surface area contributed by atoms with Gasteiger partial charge in [0.1, 0.15) is 0 Å². The quantitative estimate of drug-likeness (QED) is 0.493. The number of rotatable bonds is 4. The van der Waals surface area contributed by atoms with Crippen LogP contribution in [0.5, 0.6) is 0 Å². The highest BCUT2D eigenvalue weighted by atomic mass is 16.5. The topological polar surface area (TPSA) is 26.3 Å². The van der Waals surface area contributed by atoms with Crippen LogP contribution in [0.1, 0.15) is 33.1 Å². The van der Waals surface area contributed by atoms with E-state index in [2.05, 4.69) is 19.9 Å². The average Bonchev–Trinajstić information content (AvgIpc) is 2.48. The predicted molar refractivity (Wildman–Crippen MR) is 52.3 cm³/mol. The first-order valence-electron chi connectivity index (χ1n) is 5.09. The minimum absolute atomic E-state index is 0.0271. The zero-order valence-corrected chi connectivity index (χ0v) is 8.45. The highest BCUT2D eigenvalue weighted by Gasteiger charge is 2.23. The average molecular weight is 182 g/mol. The molecule has 0 aromatic heterocycles. The molecule has 1 rings (SSSR count). The van der Waals surface area contributed by atoms with Crippen LogP contribution in [0.25, 0.3) is 0 Å². The van der Waals surface area contributed by atoms with Gasteiger partial charge in [0.25, 0.3) is 0 Å². The maximum atomic E-state index is 11.1. The van der Waals surface area contributed by atoms with Gasteiger partial charge in [0.15, 0.2) is 0 Å². The monoisotopic (exact) mass is 182 g/mol. The molecule has 13 heavy (non-hydrogen) atoms. The predicted octanol–water partition coefficient (Wildman–Crippen LogP) is 2.54. The summed E-state index contributed by atoms with van der Waals surface area (Å²) in [6.45, 7) is 4.95. The van der Waals surface area contributed by atoms with Crippen LogP contribution in [0.15, 0.2) is 12.2 Å². The van der Waals surface area contributed by atoms with Crippen molar-refractivity contribution in [3.63, 3.8) is 0 Å². The lowest BCUT2D eigenvalue weighted by Crippen LogP contribution is -2.04. The van der Waals surface area contributed by atoms with Crippen molar-refractivity contribution in [2.45, 2.75) is 33.1 Å². The van der Waals surface area contributed by atoms with E-state index in [-0.39, 0.29) is 11.9 Å². The molecule has 0 amide bonds. The third-order valence-corrected chi connectivity index (χ3v) is 2.39. The van der Waals surface area contributed by atoms with Gasteiger partial charge in [-0.05, 0) is 18.8 Å². The van der Waals surface area contributed by atoms with E-state index in [1.807, 2.05) is 6.08 Å². The van der Waals surface area contributed by atoms with Crippen LogP contribution in [0, 0.1) is 11.8 Å². The minimum atomic E-state index is -0.0556. The van der Waals surface area contributed by atoms with E-state index in [0.717, 1.165) is 6.42 Å². The van der Waals surface area contributed by atoms with Crippen LogP contribution in [0.3, 0.4) is 0 Å². The molecule has 0 bridgehead atoms. The van der Waals surface area contributed by atoms with Crippen LogP contribution in [0.2, 0.25) is 0 Å². The smallest absolute Gasteiger partial charge is 0.312 e. The Kier molecular flexibility index (Phi) is 4.00. The van der Waals surface area contributed by atoms with Crippen molar-refractivity contribution in [2.24, 2.45) is 11.8 Å². The van der Waals surface area contributed by atoms with Gasteiger partial charge in [-0.3, -0.25) is 4.79 Å². The Bertz CT molecular complexity index is 196. The van der Waals surface area contributed by atoms with Crippen LogP contribution in [-0.4, -0.2) is 12.6 Å². The van der Waals surface area contributed by atoms with Crippen LogP contribution < -0.4 is 0 Å². The second-order valence-corrected chi connectivity index (χ2v) is 3.71. The highest BCUT2D eigenvalue weighted by molar-refractivity contribution is 5.76. The van der Waals surface area contributed by atoms with Crippen molar-refractivity contribution in [1.82, 2.24) is 0 Å². The molecule has 1 aliphatic heterocycles. The standard InChI is InChI=1S/C11H18O2/c1-3-4-9(2)5-6-10-7-8-13-11(10)12/h5-6,9-10H,3-4,7-8H2,1-2H3. The van der Waals surface area contributed by atoms with Crippen molar-refractivity contribution in [3.05, 3.63) is 12.2 Å². The number of carbonyl (C=O) groups excluding carboxylic acids is 1. The van der Waals surface area contributed by atoms with E-state index in [0.29, 0.717) is 12.5 Å². The van der Waals surface area contributed by atoms with Crippen molar-refractivity contribution < 1.29 is 9.53 Å². The summed E-state index contributed by atoms with van der Waals surface area (Å²) in [7, 11) is 0. The lowest BCUT2D eigenvalue weighted by molar-refractivity contribution is -0.140. The number of hydrogen-bond donors (Lipinski definition) is 0. The Morgan fingerprint density at radius 3 is 3.00 bits per heavy atom. The molecule has 74 valence electrons. The molecule has 1 fully saturated rings. The van der Waals surface area contributed by atoms with Gasteiger partial charge in [-0.15, -0.1) is 0 Å². The third-order valence-electron chi connectivity index (χ3n) is 2.39. The summed E-state index contributed by atoms with van der Waals surface area (Å²) in [6, 6.07) is 0. The molecule has 2 atom stereocenters. The van der Waals surface area contributed by atoms with E-state index < -0.39 is 0 Å². The van der Waals surface area contributed by atoms with Gasteiger partial charge in [-0.1, -0.05) is 32.4 Å². The molecule has 2 nitrogen and oxygen atoms in total. The van der Waals surface area contributed by atoms with Crippen LogP contribution in [0.4, 0.5) is 0 Å². The van der Waals surface area contributed by atoms with Crippen LogP contribution in [-0.2, 0) is 9.53 Å². The van der Waals surface area contributed by atoms with Gasteiger partial charge < -0.3 is 4.74 Å². The molecular formula is C11H18O2. The molecular weight excluding hydrogens is 164 g/mol. The zero-order chi connectivity index (χ0) is 9.68. The fraction of sp³-hybridized carbons (Fsp3) is 0.727. The van der Waals surface area contributed by atoms with Crippen molar-refractivity contribution >= 4 is 5.97 Å². The first kappa shape index (κ1) is 10.3. The summed E-state index contributed by atoms with van der Waals surface area (Å²) >= 11 is 0. The fourth-order valence-electron chi connectivity index (χ4n) is 1.56. The Labute approximate surface area is 80.0 Å². The lowest BCUT2D eigenvalue weighted by Gasteiger charge is -2.03. The molecule has 2 unspecified atom stereocenters. The molecule has 1 heterocycles. The van der Waals surface area contributed by atoms with E-state index in [1.165, 1.54) is 12.8 Å². The van der Waals surface area contributed by atoms with Crippen molar-refractivity contribution in [2.75, 3.05) is 6.61 Å². The maximum Gasteiger partial charge on any atom is 0.312 e. The fourth-order valence-corrected chi connectivity index (χ4v) is 1.56. The Morgan fingerprint density at radius 1 is 1.69 bits per heavy atom. The van der Waals surface area contributed by atoms with E-state index in [1.54, 1.807) is 0 Å². The molecule has 0 saturated carbocycles. The normalized spacial score (nSPS) is 25.1. The summed E-state index contributed by atoms with van der Waals surface area (Å²) in [5, 5.41) is 0. The summed E-state index contributed by atoms with van der Waals surface area (Å²) in [6.07, 6.45) is 7.39. The minimum Gasteiger partial charge on any atom is -0.465 e. The van der Waals surface area contributed by atoms with E-state index in [4.69, 9.17) is 4.74 Å². The molecule has 0 aliphatic carbocycles. The Morgan fingerprint density at radius 2 is 2.46 bits per heavy atom. The highest BCUT2D eigenvalue weighted by Crippen LogP contribution is 2.17. The van der Waals surface area contributed by atoms with Crippen molar-refractivity contribution in [3.8, 4) is 0 Å². The number of cyclic esters (lactones) is 1. The van der Waals surface area contributed by atoms with Gasteiger partial charge in [0, 0.05) is 0 Å². The van der Waals surface area contributed by atoms with Gasteiger partial charge in [0.2, 0.25) is 0 Å². The third kappa shape index (κ3) is 3.21. The van der Waals surface area contributed by atoms with Gasteiger partial charge in [-0.2, -0.15) is 0 Å². The second-order valence-electron chi connectivity index (χ2n) is 3.71. The molecule has 0 spiro atoms. The number of hydrogen-bond acceptors (Lipinski definition) is 2. The maximum absolute atomic E-state index is 11.1. The molecule has 0 aromatic rings. The molecule has 2 heteroatoms. The first-order chi connectivity index (χ1) is 6.24. The van der Waals surface area contributed by atoms with Crippen LogP contribution >= 0.6 is 0 Å². The summed E-state index contributed by atoms with van der Waals surface area (Å²) in [5.41, 5.74) is 0. The van der Waals surface area contributed by atoms with E-state index >= 15 is 0 Å². The molecule has 0 aromatic carbocycles. The van der Waals surface area contributed by atoms with Gasteiger partial charge in [0.05, 0.1) is 12.5 Å². The van der Waals surface area contributed by atoms with Gasteiger partial charge >= 0.3 is 5.97 Å². The van der Waals surface area contributed by atoms with Crippen molar-refractivity contribution in [1.29, 1.82) is 0 Å². The number of ether oxygens (including phenoxy) is 1. The molecule has 0 radical (unpaired) electrons. The summed E-state index contributed by atoms with van der Waals surface area (Å²) in [5.74, 6) is 0.553. The van der Waals surface area contributed by atoms with E-state index in [9.17, 15) is 4.79 Å². The summed E-state index contributed by atoms with van der Waals surface area (Å²) < 4.78 is 4.87. The lowest BCUT2D eigenvalue weighted by atomic mass is 10.0. The molecule has 1 aliphatic rings. The second kappa shape index (κ2) is 5.05. The summed E-state index contributed by atoms with van der Waals surface area (Å²) in [4.78, 5) is 11.1. The first-order valence-corrected chi connectivity index (χ1v) is 5.09. The SMILES string of the molecule is CCCC(C)C=CC1CCOC1=O. The number of esters is 1. The molecule has 1 saturated heterocycles.